The van der Waals surface area contributed by atoms with Crippen LogP contribution in [0.2, 0.25) is 0 Å². The van der Waals surface area contributed by atoms with Crippen molar-refractivity contribution in [2.24, 2.45) is 11.3 Å². The van der Waals surface area contributed by atoms with Gasteiger partial charge in [-0.05, 0) is 24.2 Å². The van der Waals surface area contributed by atoms with Gasteiger partial charge in [0.05, 0.1) is 0 Å². The lowest BCUT2D eigenvalue weighted by atomic mass is 10.1. The van der Waals surface area contributed by atoms with Crippen LogP contribution in [-0.4, -0.2) is 5.38 Å². The Hall–Kier alpha value is 0.290. The molecule has 60 valence electrons. The molecule has 2 unspecified atom stereocenters. The topological polar surface area (TPSA) is 0 Å². The summed E-state index contributed by atoms with van der Waals surface area (Å²) in [4.78, 5) is 0. The van der Waals surface area contributed by atoms with Gasteiger partial charge in [0.2, 0.25) is 0 Å². The average molecular weight is 161 g/mol. The molecule has 0 spiro atoms. The van der Waals surface area contributed by atoms with Crippen molar-refractivity contribution in [3.8, 4) is 0 Å². The van der Waals surface area contributed by atoms with Crippen LogP contribution in [-0.2, 0) is 0 Å². The number of rotatable bonds is 3. The highest BCUT2D eigenvalue weighted by molar-refractivity contribution is 6.21. The third-order valence-corrected chi connectivity index (χ3v) is 3.11. The first-order valence-electron chi connectivity index (χ1n) is 4.22. The Morgan fingerprint density at radius 1 is 1.60 bits per heavy atom. The zero-order valence-electron chi connectivity index (χ0n) is 7.15. The predicted molar refractivity (Wildman–Crippen MR) is 46.4 cm³/mol. The van der Waals surface area contributed by atoms with Gasteiger partial charge in [-0.3, -0.25) is 0 Å². The van der Waals surface area contributed by atoms with Gasteiger partial charge in [0, 0.05) is 5.38 Å². The molecule has 0 amide bonds. The number of halogens is 1. The molecule has 0 heterocycles. The molecule has 1 fully saturated rings. The van der Waals surface area contributed by atoms with Crippen molar-refractivity contribution in [3.63, 3.8) is 0 Å². The second-order valence-corrected chi connectivity index (χ2v) is 4.66. The van der Waals surface area contributed by atoms with Gasteiger partial charge in [-0.1, -0.05) is 27.2 Å². The lowest BCUT2D eigenvalue weighted by molar-refractivity contribution is 0.521. The van der Waals surface area contributed by atoms with E-state index < -0.39 is 0 Å². The average Bonchev–Trinajstić information content (AvgIpc) is 2.41. The summed E-state index contributed by atoms with van der Waals surface area (Å²) in [5.41, 5.74) is 0.557. The van der Waals surface area contributed by atoms with Crippen LogP contribution < -0.4 is 0 Å². The van der Waals surface area contributed by atoms with E-state index in [1.54, 1.807) is 0 Å². The van der Waals surface area contributed by atoms with Crippen LogP contribution in [0.25, 0.3) is 0 Å². The molecule has 1 aliphatic rings. The predicted octanol–water partition coefficient (Wildman–Crippen LogP) is 3.44. The fourth-order valence-electron chi connectivity index (χ4n) is 1.60. The van der Waals surface area contributed by atoms with E-state index >= 15 is 0 Å². The van der Waals surface area contributed by atoms with Crippen molar-refractivity contribution in [3.05, 3.63) is 0 Å². The van der Waals surface area contributed by atoms with Crippen molar-refractivity contribution in [1.82, 2.24) is 0 Å². The number of hydrogen-bond acceptors (Lipinski definition) is 0. The highest BCUT2D eigenvalue weighted by Crippen LogP contribution is 2.55. The zero-order chi connectivity index (χ0) is 7.78. The minimum Gasteiger partial charge on any atom is -0.123 e. The highest BCUT2D eigenvalue weighted by Gasteiger charge is 2.48. The maximum atomic E-state index is 6.16. The fourth-order valence-corrected chi connectivity index (χ4v) is 2.25. The number of hydrogen-bond donors (Lipinski definition) is 0. The van der Waals surface area contributed by atoms with E-state index in [-0.39, 0.29) is 0 Å². The van der Waals surface area contributed by atoms with Gasteiger partial charge in [-0.25, -0.2) is 0 Å². The molecule has 0 bridgehead atoms. The quantitative estimate of drug-likeness (QED) is 0.555. The molecule has 1 aliphatic carbocycles. The van der Waals surface area contributed by atoms with Gasteiger partial charge < -0.3 is 0 Å². The molecule has 0 aromatic heterocycles. The minimum atomic E-state index is 0.444. The summed E-state index contributed by atoms with van der Waals surface area (Å²) in [6, 6.07) is 0. The van der Waals surface area contributed by atoms with E-state index in [9.17, 15) is 0 Å². The van der Waals surface area contributed by atoms with Crippen LogP contribution >= 0.6 is 11.6 Å². The molecule has 0 saturated heterocycles. The molecule has 2 atom stereocenters. The molecule has 1 rings (SSSR count). The third kappa shape index (κ3) is 1.66. The van der Waals surface area contributed by atoms with Gasteiger partial charge in [-0.2, -0.15) is 0 Å². The largest absolute Gasteiger partial charge is 0.123 e. The van der Waals surface area contributed by atoms with Crippen LogP contribution in [0.4, 0.5) is 0 Å². The van der Waals surface area contributed by atoms with Gasteiger partial charge in [0.1, 0.15) is 0 Å². The van der Waals surface area contributed by atoms with Crippen LogP contribution in [0, 0.1) is 11.3 Å². The Bertz CT molecular complexity index is 118. The van der Waals surface area contributed by atoms with E-state index in [0.29, 0.717) is 10.8 Å². The Morgan fingerprint density at radius 2 is 2.10 bits per heavy atom. The maximum absolute atomic E-state index is 6.16. The second-order valence-electron chi connectivity index (χ2n) is 4.10. The van der Waals surface area contributed by atoms with Crippen LogP contribution in [0.5, 0.6) is 0 Å². The fraction of sp³-hybridized carbons (Fsp3) is 1.00. The van der Waals surface area contributed by atoms with E-state index in [1.165, 1.54) is 19.3 Å². The molecular formula is C9H17Cl. The lowest BCUT2D eigenvalue weighted by Crippen LogP contribution is -2.05. The monoisotopic (exact) mass is 160 g/mol. The van der Waals surface area contributed by atoms with Gasteiger partial charge >= 0.3 is 0 Å². The molecule has 1 saturated carbocycles. The van der Waals surface area contributed by atoms with E-state index in [1.807, 2.05) is 0 Å². The summed E-state index contributed by atoms with van der Waals surface area (Å²) < 4.78 is 0. The lowest BCUT2D eigenvalue weighted by Gasteiger charge is -2.08. The van der Waals surface area contributed by atoms with Crippen molar-refractivity contribution < 1.29 is 0 Å². The molecule has 0 radical (unpaired) electrons. The molecular weight excluding hydrogens is 144 g/mol. The molecule has 0 N–H and O–H groups in total. The normalized spacial score (nSPS) is 31.8. The Kier molecular flexibility index (Phi) is 2.29. The molecule has 0 aliphatic heterocycles. The molecule has 0 nitrogen and oxygen atoms in total. The van der Waals surface area contributed by atoms with Crippen LogP contribution in [0.3, 0.4) is 0 Å². The highest BCUT2D eigenvalue weighted by atomic mass is 35.5. The number of alkyl halides is 1. The van der Waals surface area contributed by atoms with Gasteiger partial charge in [-0.15, -0.1) is 11.6 Å². The summed E-state index contributed by atoms with van der Waals surface area (Å²) in [6.07, 6.45) is 3.75. The zero-order valence-corrected chi connectivity index (χ0v) is 7.91. The molecule has 0 aromatic rings. The Balaban J connectivity index is 2.25. The van der Waals surface area contributed by atoms with Crippen LogP contribution in [0.15, 0.2) is 0 Å². The van der Waals surface area contributed by atoms with Crippen LogP contribution in [0.1, 0.15) is 40.0 Å². The van der Waals surface area contributed by atoms with Gasteiger partial charge in [0.15, 0.2) is 0 Å². The molecule has 0 aromatic carbocycles. The minimum absolute atomic E-state index is 0.444. The van der Waals surface area contributed by atoms with E-state index in [4.69, 9.17) is 11.6 Å². The Labute approximate surface area is 69.0 Å². The summed E-state index contributed by atoms with van der Waals surface area (Å²) in [5, 5.41) is 0.444. The standard InChI is InChI=1S/C9H17Cl/c1-4-5-8(10)7-6-9(7,2)3/h7-8H,4-6H2,1-3H3. The summed E-state index contributed by atoms with van der Waals surface area (Å²) >= 11 is 6.16. The van der Waals surface area contributed by atoms with Crippen molar-refractivity contribution in [2.45, 2.75) is 45.4 Å². The third-order valence-electron chi connectivity index (χ3n) is 2.59. The Morgan fingerprint density at radius 3 is 2.40 bits per heavy atom. The first-order valence-corrected chi connectivity index (χ1v) is 4.65. The van der Waals surface area contributed by atoms with E-state index in [2.05, 4.69) is 20.8 Å². The summed E-state index contributed by atoms with van der Waals surface area (Å²) in [5.74, 6) is 0.800. The summed E-state index contributed by atoms with van der Waals surface area (Å²) in [7, 11) is 0. The van der Waals surface area contributed by atoms with E-state index in [0.717, 1.165) is 5.92 Å². The SMILES string of the molecule is CCCC(Cl)C1CC1(C)C. The van der Waals surface area contributed by atoms with Crippen molar-refractivity contribution in [2.75, 3.05) is 0 Å². The van der Waals surface area contributed by atoms with Crippen molar-refractivity contribution >= 4 is 11.6 Å². The second kappa shape index (κ2) is 2.73. The molecule has 10 heavy (non-hydrogen) atoms. The first kappa shape index (κ1) is 8.39. The molecule has 1 heteroatoms. The maximum Gasteiger partial charge on any atom is 0.0369 e. The van der Waals surface area contributed by atoms with Crippen molar-refractivity contribution in [1.29, 1.82) is 0 Å². The summed E-state index contributed by atoms with van der Waals surface area (Å²) in [6.45, 7) is 6.82. The van der Waals surface area contributed by atoms with Gasteiger partial charge in [0.25, 0.3) is 0 Å². The first-order chi connectivity index (χ1) is 4.58. The smallest absolute Gasteiger partial charge is 0.0369 e.